The minimum atomic E-state index is -0.294. The first kappa shape index (κ1) is 15.3. The number of aromatic nitrogens is 2. The van der Waals surface area contributed by atoms with Gasteiger partial charge in [-0.15, -0.1) is 0 Å². The number of aryl methyl sites for hydroxylation is 2. The summed E-state index contributed by atoms with van der Waals surface area (Å²) in [4.78, 5) is 14.7. The number of likely N-dealkylation sites (tertiary alicyclic amines) is 1. The smallest absolute Gasteiger partial charge is 0.313 e. The van der Waals surface area contributed by atoms with Crippen molar-refractivity contribution >= 4 is 5.97 Å². The van der Waals surface area contributed by atoms with Gasteiger partial charge in [-0.3, -0.25) is 9.69 Å². The normalized spacial score (nSPS) is 27.9. The SMILES string of the molecule is COC(=O)[C@@]12CCC[C@H]1CN(Cc1c(C)nn(C)c1OC)C2. The van der Waals surface area contributed by atoms with E-state index in [1.54, 1.807) is 11.8 Å². The van der Waals surface area contributed by atoms with Gasteiger partial charge in [0.05, 0.1) is 30.9 Å². The third kappa shape index (κ3) is 2.20. The van der Waals surface area contributed by atoms with Crippen LogP contribution in [0.4, 0.5) is 0 Å². The molecule has 6 heteroatoms. The standard InChI is InChI=1S/C16H25N3O3/c1-11-13(14(21-3)18(2)17-11)9-19-8-12-6-5-7-16(12,10-19)15(20)22-4/h12H,5-10H2,1-4H3/t12-,16+/m0/s1. The summed E-state index contributed by atoms with van der Waals surface area (Å²) in [7, 11) is 5.07. The molecule has 2 heterocycles. The number of ether oxygens (including phenoxy) is 2. The van der Waals surface area contributed by atoms with Crippen LogP contribution in [0.25, 0.3) is 0 Å². The molecule has 3 rings (SSSR count). The Labute approximate surface area is 131 Å². The van der Waals surface area contributed by atoms with E-state index in [1.165, 1.54) is 7.11 Å². The average molecular weight is 307 g/mol. The molecule has 1 aliphatic carbocycles. The third-order valence-electron chi connectivity index (χ3n) is 5.40. The lowest BCUT2D eigenvalue weighted by Gasteiger charge is -2.25. The molecule has 1 aromatic heterocycles. The molecule has 0 aromatic carbocycles. The zero-order valence-electron chi connectivity index (χ0n) is 13.9. The Morgan fingerprint density at radius 1 is 1.45 bits per heavy atom. The monoisotopic (exact) mass is 307 g/mol. The Morgan fingerprint density at radius 2 is 2.23 bits per heavy atom. The van der Waals surface area contributed by atoms with E-state index in [-0.39, 0.29) is 11.4 Å². The molecule has 0 radical (unpaired) electrons. The quantitative estimate of drug-likeness (QED) is 0.789. The summed E-state index contributed by atoms with van der Waals surface area (Å²) in [5, 5.41) is 4.44. The molecule has 2 fully saturated rings. The summed E-state index contributed by atoms with van der Waals surface area (Å²) in [6.45, 7) is 4.51. The van der Waals surface area contributed by atoms with Crippen LogP contribution >= 0.6 is 0 Å². The van der Waals surface area contributed by atoms with Gasteiger partial charge in [0.2, 0.25) is 5.88 Å². The number of nitrogens with zero attached hydrogens (tertiary/aromatic N) is 3. The van der Waals surface area contributed by atoms with E-state index in [0.29, 0.717) is 5.92 Å². The van der Waals surface area contributed by atoms with E-state index in [1.807, 2.05) is 14.0 Å². The molecular weight excluding hydrogens is 282 g/mol. The van der Waals surface area contributed by atoms with Gasteiger partial charge in [0.1, 0.15) is 0 Å². The van der Waals surface area contributed by atoms with Crippen molar-refractivity contribution in [1.82, 2.24) is 14.7 Å². The predicted molar refractivity (Wildman–Crippen MR) is 81.6 cm³/mol. The van der Waals surface area contributed by atoms with Gasteiger partial charge < -0.3 is 9.47 Å². The summed E-state index contributed by atoms with van der Waals surface area (Å²) >= 11 is 0. The van der Waals surface area contributed by atoms with Gasteiger partial charge in [0, 0.05) is 26.7 Å². The summed E-state index contributed by atoms with van der Waals surface area (Å²) in [5.41, 5.74) is 1.81. The van der Waals surface area contributed by atoms with Crippen molar-refractivity contribution in [3.8, 4) is 5.88 Å². The number of rotatable bonds is 4. The van der Waals surface area contributed by atoms with Crippen LogP contribution < -0.4 is 4.74 Å². The molecule has 0 amide bonds. The van der Waals surface area contributed by atoms with Crippen molar-refractivity contribution in [2.24, 2.45) is 18.4 Å². The molecule has 1 aromatic rings. The van der Waals surface area contributed by atoms with Gasteiger partial charge in [0.15, 0.2) is 0 Å². The Kier molecular flexibility index (Phi) is 3.89. The van der Waals surface area contributed by atoms with Gasteiger partial charge in [-0.05, 0) is 25.7 Å². The molecule has 122 valence electrons. The number of methoxy groups -OCH3 is 2. The minimum Gasteiger partial charge on any atom is -0.481 e. The molecule has 1 aliphatic heterocycles. The lowest BCUT2D eigenvalue weighted by molar-refractivity contribution is -0.153. The second-order valence-corrected chi connectivity index (χ2v) is 6.60. The fraction of sp³-hybridized carbons (Fsp3) is 0.750. The van der Waals surface area contributed by atoms with Gasteiger partial charge >= 0.3 is 5.97 Å². The number of hydrogen-bond acceptors (Lipinski definition) is 5. The molecule has 2 atom stereocenters. The second-order valence-electron chi connectivity index (χ2n) is 6.60. The van der Waals surface area contributed by atoms with Crippen molar-refractivity contribution in [3.05, 3.63) is 11.3 Å². The van der Waals surface area contributed by atoms with Crippen molar-refractivity contribution in [3.63, 3.8) is 0 Å². The highest BCUT2D eigenvalue weighted by atomic mass is 16.5. The van der Waals surface area contributed by atoms with Gasteiger partial charge in [-0.2, -0.15) is 5.10 Å². The van der Waals surface area contributed by atoms with Gasteiger partial charge in [-0.1, -0.05) is 6.42 Å². The molecule has 0 spiro atoms. The molecular formula is C16H25N3O3. The second kappa shape index (κ2) is 5.57. The Balaban J connectivity index is 1.80. The maximum atomic E-state index is 12.3. The van der Waals surface area contributed by atoms with Crippen LogP contribution in [0.5, 0.6) is 5.88 Å². The third-order valence-corrected chi connectivity index (χ3v) is 5.40. The molecule has 6 nitrogen and oxygen atoms in total. The first-order valence-corrected chi connectivity index (χ1v) is 7.89. The van der Waals surface area contributed by atoms with Crippen LogP contribution in [0.1, 0.15) is 30.5 Å². The topological polar surface area (TPSA) is 56.6 Å². The molecule has 2 aliphatic rings. The van der Waals surface area contributed by atoms with Crippen LogP contribution in [0, 0.1) is 18.3 Å². The minimum absolute atomic E-state index is 0.0348. The summed E-state index contributed by atoms with van der Waals surface area (Å²) < 4.78 is 12.4. The number of esters is 1. The highest BCUT2D eigenvalue weighted by molar-refractivity contribution is 5.78. The summed E-state index contributed by atoms with van der Waals surface area (Å²) in [5.74, 6) is 1.19. The maximum absolute atomic E-state index is 12.3. The van der Waals surface area contributed by atoms with E-state index >= 15 is 0 Å². The fourth-order valence-electron chi connectivity index (χ4n) is 4.39. The summed E-state index contributed by atoms with van der Waals surface area (Å²) in [6.07, 6.45) is 3.20. The van der Waals surface area contributed by atoms with Crippen molar-refractivity contribution in [2.75, 3.05) is 27.3 Å². The fourth-order valence-corrected chi connectivity index (χ4v) is 4.39. The Hall–Kier alpha value is -1.56. The zero-order valence-corrected chi connectivity index (χ0v) is 13.9. The van der Waals surface area contributed by atoms with Crippen molar-refractivity contribution in [2.45, 2.75) is 32.7 Å². The first-order valence-electron chi connectivity index (χ1n) is 7.89. The number of carbonyl (C=O) groups is 1. The lowest BCUT2D eigenvalue weighted by Crippen LogP contribution is -2.36. The number of hydrogen-bond donors (Lipinski definition) is 0. The van der Waals surface area contributed by atoms with Crippen molar-refractivity contribution < 1.29 is 14.3 Å². The molecule has 1 saturated carbocycles. The van der Waals surface area contributed by atoms with E-state index in [0.717, 1.165) is 56.0 Å². The van der Waals surface area contributed by atoms with Crippen LogP contribution in [-0.2, 0) is 23.1 Å². The van der Waals surface area contributed by atoms with Crippen molar-refractivity contribution in [1.29, 1.82) is 0 Å². The Morgan fingerprint density at radius 3 is 2.91 bits per heavy atom. The molecule has 0 unspecified atom stereocenters. The predicted octanol–water partition coefficient (Wildman–Crippen LogP) is 1.51. The zero-order chi connectivity index (χ0) is 15.9. The Bertz CT molecular complexity index is 583. The lowest BCUT2D eigenvalue weighted by atomic mass is 9.81. The largest absolute Gasteiger partial charge is 0.481 e. The van der Waals surface area contributed by atoms with E-state index < -0.39 is 0 Å². The molecule has 1 saturated heterocycles. The highest BCUT2D eigenvalue weighted by Crippen LogP contribution is 2.50. The molecule has 0 bridgehead atoms. The molecule has 22 heavy (non-hydrogen) atoms. The number of carbonyl (C=O) groups excluding carboxylic acids is 1. The van der Waals surface area contributed by atoms with Crippen LogP contribution in [-0.4, -0.2) is 48.0 Å². The van der Waals surface area contributed by atoms with Crippen LogP contribution in [0.3, 0.4) is 0 Å². The van der Waals surface area contributed by atoms with Crippen LogP contribution in [0.2, 0.25) is 0 Å². The van der Waals surface area contributed by atoms with E-state index in [9.17, 15) is 4.79 Å². The van der Waals surface area contributed by atoms with E-state index in [4.69, 9.17) is 9.47 Å². The average Bonchev–Trinajstić information content (AvgIpc) is 3.10. The summed E-state index contributed by atoms with van der Waals surface area (Å²) in [6, 6.07) is 0. The van der Waals surface area contributed by atoms with Gasteiger partial charge in [0.25, 0.3) is 0 Å². The maximum Gasteiger partial charge on any atom is 0.313 e. The number of fused-ring (bicyclic) bond motifs is 1. The van der Waals surface area contributed by atoms with Crippen LogP contribution in [0.15, 0.2) is 0 Å². The van der Waals surface area contributed by atoms with Gasteiger partial charge in [-0.25, -0.2) is 4.68 Å². The highest BCUT2D eigenvalue weighted by Gasteiger charge is 2.55. The first-order chi connectivity index (χ1) is 10.5. The van der Waals surface area contributed by atoms with E-state index in [2.05, 4.69) is 10.00 Å². The molecule has 0 N–H and O–H groups in total.